The van der Waals surface area contributed by atoms with Crippen LogP contribution in [0.15, 0.2) is 36.5 Å². The molecule has 0 amide bonds. The normalized spacial score (nSPS) is 10.7. The van der Waals surface area contributed by atoms with Crippen LogP contribution in [0.3, 0.4) is 0 Å². The summed E-state index contributed by atoms with van der Waals surface area (Å²) in [5.74, 6) is -1.08. The van der Waals surface area contributed by atoms with Crippen LogP contribution in [0.4, 0.5) is 14.5 Å². The van der Waals surface area contributed by atoms with Crippen molar-refractivity contribution in [2.75, 3.05) is 5.73 Å². The molecule has 0 spiro atoms. The first-order valence-electron chi connectivity index (χ1n) is 5.61. The van der Waals surface area contributed by atoms with Gasteiger partial charge in [0.25, 0.3) is 0 Å². The van der Waals surface area contributed by atoms with Crippen LogP contribution in [-0.2, 0) is 0 Å². The van der Waals surface area contributed by atoms with E-state index in [-0.39, 0.29) is 22.9 Å². The summed E-state index contributed by atoms with van der Waals surface area (Å²) in [6.45, 7) is 0. The average molecular weight is 274 g/mol. The number of anilines is 1. The molecule has 3 rings (SSSR count). The molecular weight excluding hydrogens is 266 g/mol. The molecule has 0 radical (unpaired) electrons. The van der Waals surface area contributed by atoms with Crippen LogP contribution in [0, 0.1) is 11.6 Å². The van der Waals surface area contributed by atoms with Crippen molar-refractivity contribution in [3.05, 3.63) is 48.2 Å². The van der Waals surface area contributed by atoms with Crippen molar-refractivity contribution in [3.63, 3.8) is 0 Å². The van der Waals surface area contributed by atoms with E-state index in [1.807, 2.05) is 0 Å². The number of halogens is 2. The smallest absolute Gasteiger partial charge is 0.226 e. The zero-order valence-electron chi connectivity index (χ0n) is 10.0. The van der Waals surface area contributed by atoms with E-state index < -0.39 is 11.6 Å². The third kappa shape index (κ3) is 2.18. The summed E-state index contributed by atoms with van der Waals surface area (Å²) in [5.41, 5.74) is 6.03. The molecule has 0 fully saturated rings. The molecule has 0 aliphatic heterocycles. The lowest BCUT2D eigenvalue weighted by Crippen LogP contribution is -2.01. The van der Waals surface area contributed by atoms with E-state index in [4.69, 9.17) is 5.73 Å². The second kappa shape index (κ2) is 4.65. The van der Waals surface area contributed by atoms with Crippen LogP contribution in [0.2, 0.25) is 0 Å². The van der Waals surface area contributed by atoms with Gasteiger partial charge in [0.2, 0.25) is 5.82 Å². The van der Waals surface area contributed by atoms with Gasteiger partial charge in [0.15, 0.2) is 5.82 Å². The molecule has 2 N–H and O–H groups in total. The van der Waals surface area contributed by atoms with E-state index in [0.717, 1.165) is 4.80 Å². The van der Waals surface area contributed by atoms with Gasteiger partial charge in [-0.25, -0.2) is 13.8 Å². The monoisotopic (exact) mass is 274 g/mol. The predicted octanol–water partition coefficient (Wildman–Crippen LogP) is 1.58. The Kier molecular flexibility index (Phi) is 2.82. The Labute approximate surface area is 111 Å². The Balaban J connectivity index is 2.04. The Morgan fingerprint density at radius 1 is 1.15 bits per heavy atom. The Hall–Kier alpha value is -2.90. The van der Waals surface area contributed by atoms with Crippen LogP contribution in [0.25, 0.3) is 17.2 Å². The maximum absolute atomic E-state index is 13.6. The number of rotatable bonds is 2. The van der Waals surface area contributed by atoms with Gasteiger partial charge >= 0.3 is 0 Å². The van der Waals surface area contributed by atoms with Gasteiger partial charge in [0, 0.05) is 18.0 Å². The number of nitrogens with two attached hydrogens (primary N) is 1. The van der Waals surface area contributed by atoms with Crippen molar-refractivity contribution in [1.29, 1.82) is 0 Å². The molecule has 0 bridgehead atoms. The lowest BCUT2D eigenvalue weighted by molar-refractivity contribution is 0.621. The Morgan fingerprint density at radius 2 is 2.00 bits per heavy atom. The molecule has 2 heterocycles. The summed E-state index contributed by atoms with van der Waals surface area (Å²) in [6, 6.07) is 6.53. The fourth-order valence-electron chi connectivity index (χ4n) is 1.68. The molecular formula is C12H8F2N6. The molecule has 0 saturated carbocycles. The quantitative estimate of drug-likeness (QED) is 0.717. The summed E-state index contributed by atoms with van der Waals surface area (Å²) < 4.78 is 26.8. The summed E-state index contributed by atoms with van der Waals surface area (Å²) in [4.78, 5) is 4.90. The third-order valence-corrected chi connectivity index (χ3v) is 2.52. The number of tetrazole rings is 1. The fourth-order valence-corrected chi connectivity index (χ4v) is 1.68. The lowest BCUT2D eigenvalue weighted by atomic mass is 10.3. The summed E-state index contributed by atoms with van der Waals surface area (Å²) in [7, 11) is 0. The number of pyridine rings is 1. The number of hydrogen-bond acceptors (Lipinski definition) is 5. The van der Waals surface area contributed by atoms with Gasteiger partial charge in [-0.2, -0.15) is 0 Å². The Morgan fingerprint density at radius 3 is 2.75 bits per heavy atom. The molecule has 8 heteroatoms. The molecule has 1 aromatic carbocycles. The Bertz CT molecular complexity index is 750. The van der Waals surface area contributed by atoms with Crippen molar-refractivity contribution in [2.45, 2.75) is 0 Å². The van der Waals surface area contributed by atoms with Crippen LogP contribution < -0.4 is 5.73 Å². The van der Waals surface area contributed by atoms with Gasteiger partial charge in [-0.3, -0.25) is 0 Å². The zero-order valence-corrected chi connectivity index (χ0v) is 10.0. The predicted molar refractivity (Wildman–Crippen MR) is 66.7 cm³/mol. The summed E-state index contributed by atoms with van der Waals surface area (Å²) >= 11 is 0. The van der Waals surface area contributed by atoms with Crippen molar-refractivity contribution in [3.8, 4) is 17.2 Å². The van der Waals surface area contributed by atoms with E-state index in [2.05, 4.69) is 20.4 Å². The first kappa shape index (κ1) is 12.2. The highest BCUT2D eigenvalue weighted by molar-refractivity contribution is 5.50. The van der Waals surface area contributed by atoms with Crippen LogP contribution >= 0.6 is 0 Å². The molecule has 3 aromatic rings. The van der Waals surface area contributed by atoms with Gasteiger partial charge in [0.05, 0.1) is 5.69 Å². The first-order chi connectivity index (χ1) is 9.63. The van der Waals surface area contributed by atoms with Crippen molar-refractivity contribution in [2.24, 2.45) is 0 Å². The van der Waals surface area contributed by atoms with Gasteiger partial charge in [-0.05, 0) is 29.5 Å². The summed E-state index contributed by atoms with van der Waals surface area (Å²) in [6.07, 6.45) is 1.42. The SMILES string of the molecule is Nc1cc(F)cc(-n2nnc(-c3ncccc3F)n2)c1. The summed E-state index contributed by atoms with van der Waals surface area (Å²) in [5, 5.41) is 11.4. The molecule has 6 nitrogen and oxygen atoms in total. The largest absolute Gasteiger partial charge is 0.399 e. The van der Waals surface area contributed by atoms with Gasteiger partial charge in [0.1, 0.15) is 11.5 Å². The van der Waals surface area contributed by atoms with Crippen LogP contribution in [-0.4, -0.2) is 25.2 Å². The van der Waals surface area contributed by atoms with Gasteiger partial charge in [-0.15, -0.1) is 15.0 Å². The van der Waals surface area contributed by atoms with Gasteiger partial charge in [-0.1, -0.05) is 0 Å². The third-order valence-electron chi connectivity index (χ3n) is 2.52. The van der Waals surface area contributed by atoms with Crippen LogP contribution in [0.5, 0.6) is 0 Å². The van der Waals surface area contributed by atoms with Crippen molar-refractivity contribution < 1.29 is 8.78 Å². The fraction of sp³-hybridized carbons (Fsp3) is 0. The number of nitrogen functional groups attached to an aromatic ring is 1. The maximum atomic E-state index is 13.6. The second-order valence-corrected chi connectivity index (χ2v) is 3.98. The van der Waals surface area contributed by atoms with Crippen molar-refractivity contribution >= 4 is 5.69 Å². The number of nitrogens with zero attached hydrogens (tertiary/aromatic N) is 5. The van der Waals surface area contributed by atoms with E-state index in [9.17, 15) is 8.78 Å². The zero-order chi connectivity index (χ0) is 14.1. The highest BCUT2D eigenvalue weighted by atomic mass is 19.1. The van der Waals surface area contributed by atoms with E-state index in [1.54, 1.807) is 0 Å². The highest BCUT2D eigenvalue weighted by Crippen LogP contribution is 2.17. The minimum Gasteiger partial charge on any atom is -0.399 e. The minimum absolute atomic E-state index is 0.00549. The standard InChI is InChI=1S/C12H8F2N6/c13-7-4-8(15)6-9(5-7)20-18-12(17-19-20)11-10(14)2-1-3-16-11/h1-6H,15H2. The van der Waals surface area contributed by atoms with E-state index in [1.165, 1.54) is 36.5 Å². The molecule has 20 heavy (non-hydrogen) atoms. The molecule has 2 aromatic heterocycles. The molecule has 0 aliphatic rings. The number of aromatic nitrogens is 5. The second-order valence-electron chi connectivity index (χ2n) is 3.98. The minimum atomic E-state index is -0.564. The maximum Gasteiger partial charge on any atom is 0.226 e. The molecule has 0 atom stereocenters. The number of benzene rings is 1. The van der Waals surface area contributed by atoms with E-state index >= 15 is 0 Å². The molecule has 0 aliphatic carbocycles. The van der Waals surface area contributed by atoms with E-state index in [0.29, 0.717) is 0 Å². The molecule has 0 unspecified atom stereocenters. The van der Waals surface area contributed by atoms with Gasteiger partial charge < -0.3 is 5.73 Å². The van der Waals surface area contributed by atoms with Crippen molar-refractivity contribution in [1.82, 2.24) is 25.2 Å². The number of hydrogen-bond donors (Lipinski definition) is 1. The highest BCUT2D eigenvalue weighted by Gasteiger charge is 2.13. The topological polar surface area (TPSA) is 82.5 Å². The molecule has 100 valence electrons. The lowest BCUT2D eigenvalue weighted by Gasteiger charge is -2.00. The average Bonchev–Trinajstić information content (AvgIpc) is 2.87. The first-order valence-corrected chi connectivity index (χ1v) is 5.61. The molecule has 0 saturated heterocycles. The van der Waals surface area contributed by atoms with Crippen LogP contribution in [0.1, 0.15) is 0 Å².